The molecule has 2 aromatic rings. The van der Waals surface area contributed by atoms with E-state index in [-0.39, 0.29) is 17.6 Å². The topological polar surface area (TPSA) is 97.1 Å². The summed E-state index contributed by atoms with van der Waals surface area (Å²) in [4.78, 5) is 23.3. The van der Waals surface area contributed by atoms with Crippen molar-refractivity contribution in [2.75, 3.05) is 11.9 Å². The summed E-state index contributed by atoms with van der Waals surface area (Å²) < 4.78 is 4.97. The van der Waals surface area contributed by atoms with Gasteiger partial charge in [0.1, 0.15) is 5.01 Å². The van der Waals surface area contributed by atoms with Gasteiger partial charge in [-0.25, -0.2) is 0 Å². The van der Waals surface area contributed by atoms with Crippen LogP contribution in [0.2, 0.25) is 0 Å². The number of aryl methyl sites for hydroxylation is 1. The fraction of sp³-hybridized carbons (Fsp3) is 0.429. The summed E-state index contributed by atoms with van der Waals surface area (Å²) in [5.41, 5.74) is 0. The summed E-state index contributed by atoms with van der Waals surface area (Å²) >= 11 is 1.39. The molecule has 0 aliphatic carbocycles. The number of amides is 2. The predicted octanol–water partition coefficient (Wildman–Crippen LogP) is 2.23. The van der Waals surface area contributed by atoms with E-state index in [0.717, 1.165) is 17.8 Å². The lowest BCUT2D eigenvalue weighted by molar-refractivity contribution is -0.116. The second-order valence-electron chi connectivity index (χ2n) is 4.64. The largest absolute Gasteiger partial charge is 0.459 e. The number of carbonyl (C=O) groups excluding carboxylic acids is 2. The molecule has 7 nitrogen and oxygen atoms in total. The van der Waals surface area contributed by atoms with Gasteiger partial charge in [-0.15, -0.1) is 10.2 Å². The van der Waals surface area contributed by atoms with E-state index in [1.807, 2.05) is 0 Å². The minimum atomic E-state index is -0.279. The maximum Gasteiger partial charge on any atom is 0.286 e. The van der Waals surface area contributed by atoms with Gasteiger partial charge in [0.25, 0.3) is 5.91 Å². The van der Waals surface area contributed by atoms with Crippen LogP contribution < -0.4 is 10.6 Å². The van der Waals surface area contributed by atoms with Crippen molar-refractivity contribution >= 4 is 28.3 Å². The Bertz CT molecular complexity index is 609. The lowest BCUT2D eigenvalue weighted by Gasteiger charge is -2.03. The van der Waals surface area contributed by atoms with Gasteiger partial charge in [-0.1, -0.05) is 18.3 Å². The van der Waals surface area contributed by atoms with E-state index in [2.05, 4.69) is 27.8 Å². The highest BCUT2D eigenvalue weighted by atomic mass is 32.1. The van der Waals surface area contributed by atoms with Crippen LogP contribution in [0.3, 0.4) is 0 Å². The van der Waals surface area contributed by atoms with Crippen LogP contribution in [-0.2, 0) is 11.2 Å². The number of rotatable bonds is 8. The van der Waals surface area contributed by atoms with Gasteiger partial charge in [0, 0.05) is 19.4 Å². The van der Waals surface area contributed by atoms with E-state index in [0.29, 0.717) is 24.5 Å². The van der Waals surface area contributed by atoms with Gasteiger partial charge >= 0.3 is 0 Å². The first kappa shape index (κ1) is 16.2. The zero-order valence-electron chi connectivity index (χ0n) is 12.3. The molecule has 2 heterocycles. The van der Waals surface area contributed by atoms with E-state index < -0.39 is 0 Å². The van der Waals surface area contributed by atoms with Crippen LogP contribution in [0.1, 0.15) is 41.7 Å². The zero-order valence-corrected chi connectivity index (χ0v) is 13.1. The first-order valence-corrected chi connectivity index (χ1v) is 7.94. The summed E-state index contributed by atoms with van der Waals surface area (Å²) in [5.74, 6) is -0.146. The maximum absolute atomic E-state index is 11.7. The van der Waals surface area contributed by atoms with Crippen molar-refractivity contribution in [2.45, 2.75) is 32.6 Å². The van der Waals surface area contributed by atoms with Gasteiger partial charge in [-0.3, -0.25) is 9.59 Å². The molecule has 0 fully saturated rings. The smallest absolute Gasteiger partial charge is 0.286 e. The minimum Gasteiger partial charge on any atom is -0.459 e. The molecule has 0 saturated carbocycles. The third kappa shape index (κ3) is 4.96. The molecule has 2 aromatic heterocycles. The molecule has 0 aliphatic rings. The monoisotopic (exact) mass is 322 g/mol. The number of anilines is 1. The summed E-state index contributed by atoms with van der Waals surface area (Å²) in [6.45, 7) is 2.47. The second-order valence-corrected chi connectivity index (χ2v) is 5.70. The van der Waals surface area contributed by atoms with Crippen LogP contribution >= 0.6 is 11.3 Å². The van der Waals surface area contributed by atoms with Crippen molar-refractivity contribution in [1.29, 1.82) is 0 Å². The average molecular weight is 322 g/mol. The van der Waals surface area contributed by atoms with Crippen molar-refractivity contribution < 1.29 is 14.0 Å². The Balaban J connectivity index is 1.64. The lowest BCUT2D eigenvalue weighted by Crippen LogP contribution is -2.25. The van der Waals surface area contributed by atoms with Crippen molar-refractivity contribution in [3.05, 3.63) is 29.2 Å². The van der Waals surface area contributed by atoms with E-state index >= 15 is 0 Å². The fourth-order valence-corrected chi connectivity index (χ4v) is 2.60. The first-order chi connectivity index (χ1) is 10.7. The van der Waals surface area contributed by atoms with Crippen molar-refractivity contribution in [2.24, 2.45) is 0 Å². The van der Waals surface area contributed by atoms with Gasteiger partial charge in [-0.2, -0.15) is 0 Å². The van der Waals surface area contributed by atoms with Crippen molar-refractivity contribution in [3.63, 3.8) is 0 Å². The maximum atomic E-state index is 11.7. The zero-order chi connectivity index (χ0) is 15.8. The van der Waals surface area contributed by atoms with Gasteiger partial charge < -0.3 is 15.1 Å². The SMILES string of the molecule is CCCc1nnc(NC(=O)CCCNC(=O)c2ccco2)s1. The number of nitrogens with zero attached hydrogens (tertiary/aromatic N) is 2. The summed E-state index contributed by atoms with van der Waals surface area (Å²) in [6.07, 6.45) is 4.15. The van der Waals surface area contributed by atoms with Crippen LogP contribution in [0.4, 0.5) is 5.13 Å². The highest BCUT2D eigenvalue weighted by molar-refractivity contribution is 7.15. The Kier molecular flexibility index (Phi) is 6.08. The van der Waals surface area contributed by atoms with E-state index in [4.69, 9.17) is 4.42 Å². The lowest BCUT2D eigenvalue weighted by atomic mass is 10.3. The van der Waals surface area contributed by atoms with Gasteiger partial charge in [0.2, 0.25) is 11.0 Å². The van der Waals surface area contributed by atoms with Gasteiger partial charge in [0.15, 0.2) is 5.76 Å². The molecule has 2 rings (SSSR count). The number of hydrogen-bond acceptors (Lipinski definition) is 6. The quantitative estimate of drug-likeness (QED) is 0.726. The van der Waals surface area contributed by atoms with Gasteiger partial charge in [-0.05, 0) is 25.0 Å². The van der Waals surface area contributed by atoms with E-state index in [9.17, 15) is 9.59 Å². The van der Waals surface area contributed by atoms with Crippen LogP contribution in [0.5, 0.6) is 0 Å². The Labute approximate surface area is 132 Å². The first-order valence-electron chi connectivity index (χ1n) is 7.13. The summed E-state index contributed by atoms with van der Waals surface area (Å²) in [6, 6.07) is 3.24. The van der Waals surface area contributed by atoms with Crippen molar-refractivity contribution in [3.8, 4) is 0 Å². The van der Waals surface area contributed by atoms with E-state index in [1.54, 1.807) is 12.1 Å². The standard InChI is InChI=1S/C14H18N4O3S/c1-2-5-12-17-18-14(22-12)16-11(19)7-3-8-15-13(20)10-6-4-9-21-10/h4,6,9H,2-3,5,7-8H2,1H3,(H,15,20)(H,16,18,19). The molecule has 2 amide bonds. The van der Waals surface area contributed by atoms with Gasteiger partial charge in [0.05, 0.1) is 6.26 Å². The number of furan rings is 1. The number of nitrogens with one attached hydrogen (secondary N) is 2. The van der Waals surface area contributed by atoms with Crippen LogP contribution in [0, 0.1) is 0 Å². The minimum absolute atomic E-state index is 0.133. The second kappa shape index (κ2) is 8.28. The Morgan fingerprint density at radius 3 is 2.95 bits per heavy atom. The fourth-order valence-electron chi connectivity index (χ4n) is 1.75. The van der Waals surface area contributed by atoms with E-state index in [1.165, 1.54) is 17.6 Å². The van der Waals surface area contributed by atoms with Crippen LogP contribution in [-0.4, -0.2) is 28.6 Å². The molecule has 0 unspecified atom stereocenters. The highest BCUT2D eigenvalue weighted by Gasteiger charge is 2.09. The van der Waals surface area contributed by atoms with Crippen LogP contribution in [0.15, 0.2) is 22.8 Å². The molecule has 0 aliphatic heterocycles. The molecule has 8 heteroatoms. The third-order valence-electron chi connectivity index (χ3n) is 2.79. The average Bonchev–Trinajstić information content (AvgIpc) is 3.15. The summed E-state index contributed by atoms with van der Waals surface area (Å²) in [7, 11) is 0. The van der Waals surface area contributed by atoms with Crippen LogP contribution in [0.25, 0.3) is 0 Å². The number of carbonyl (C=O) groups is 2. The molecule has 0 bridgehead atoms. The molecule has 0 aromatic carbocycles. The summed E-state index contributed by atoms with van der Waals surface area (Å²) in [5, 5.41) is 14.8. The molecule has 0 atom stereocenters. The highest BCUT2D eigenvalue weighted by Crippen LogP contribution is 2.16. The Morgan fingerprint density at radius 1 is 1.36 bits per heavy atom. The molecular weight excluding hydrogens is 304 g/mol. The molecular formula is C14H18N4O3S. The predicted molar refractivity (Wildman–Crippen MR) is 82.8 cm³/mol. The number of hydrogen-bond donors (Lipinski definition) is 2. The normalized spacial score (nSPS) is 10.4. The van der Waals surface area contributed by atoms with Crippen molar-refractivity contribution in [1.82, 2.24) is 15.5 Å². The molecule has 0 radical (unpaired) electrons. The molecule has 0 spiro atoms. The number of aromatic nitrogens is 2. The molecule has 0 saturated heterocycles. The molecule has 22 heavy (non-hydrogen) atoms. The Hall–Kier alpha value is -2.22. The molecule has 118 valence electrons. The molecule has 2 N–H and O–H groups in total. The Morgan fingerprint density at radius 2 is 2.23 bits per heavy atom. The third-order valence-corrected chi connectivity index (χ3v) is 3.69.